The van der Waals surface area contributed by atoms with E-state index in [-0.39, 0.29) is 11.8 Å². The van der Waals surface area contributed by atoms with Crippen LogP contribution in [-0.2, 0) is 0 Å². The van der Waals surface area contributed by atoms with Crippen molar-refractivity contribution in [3.8, 4) is 0 Å². The average Bonchev–Trinajstić information content (AvgIpc) is 2.68. The van der Waals surface area contributed by atoms with Crippen molar-refractivity contribution in [2.24, 2.45) is 23.7 Å². The first-order valence-electron chi connectivity index (χ1n) is 4.75. The minimum Gasteiger partial charge on any atom is -0.380 e. The SMILES string of the molecule is OC1(C(F)(F)F)[C@@H]2CC[C@H]1[C@H]1C[C@H]12. The Morgan fingerprint density at radius 3 is 1.85 bits per heavy atom. The highest BCUT2D eigenvalue weighted by atomic mass is 19.4. The molecule has 5 atom stereocenters. The minimum atomic E-state index is -4.41. The Balaban J connectivity index is 2.02. The Bertz CT molecular complexity index is 244. The third kappa shape index (κ3) is 0.707. The van der Waals surface area contributed by atoms with E-state index in [0.29, 0.717) is 12.8 Å². The van der Waals surface area contributed by atoms with Crippen molar-refractivity contribution in [1.82, 2.24) is 0 Å². The number of rotatable bonds is 0. The molecule has 0 radical (unpaired) electrons. The van der Waals surface area contributed by atoms with E-state index in [1.807, 2.05) is 0 Å². The molecule has 0 aromatic carbocycles. The predicted octanol–water partition coefficient (Wildman–Crippen LogP) is 1.96. The van der Waals surface area contributed by atoms with Crippen molar-refractivity contribution in [3.63, 3.8) is 0 Å². The quantitative estimate of drug-likeness (QED) is 0.622. The monoisotopic (exact) mass is 192 g/mol. The summed E-state index contributed by atoms with van der Waals surface area (Å²) in [6.45, 7) is 0. The van der Waals surface area contributed by atoms with Gasteiger partial charge in [-0.3, -0.25) is 0 Å². The van der Waals surface area contributed by atoms with Gasteiger partial charge in [-0.1, -0.05) is 0 Å². The molecule has 0 aromatic heterocycles. The van der Waals surface area contributed by atoms with E-state index in [9.17, 15) is 18.3 Å². The van der Waals surface area contributed by atoms with Gasteiger partial charge in [0, 0.05) is 11.8 Å². The van der Waals surface area contributed by atoms with E-state index in [4.69, 9.17) is 0 Å². The molecule has 3 fully saturated rings. The highest BCUT2D eigenvalue weighted by molar-refractivity contribution is 5.21. The molecular formula is C9H11F3O. The van der Waals surface area contributed by atoms with Gasteiger partial charge in [-0.25, -0.2) is 0 Å². The normalized spacial score (nSPS) is 58.2. The first kappa shape index (κ1) is 8.09. The molecule has 3 aliphatic rings. The Morgan fingerprint density at radius 2 is 1.54 bits per heavy atom. The van der Waals surface area contributed by atoms with Gasteiger partial charge in [0.15, 0.2) is 5.60 Å². The van der Waals surface area contributed by atoms with Crippen LogP contribution >= 0.6 is 0 Å². The van der Waals surface area contributed by atoms with Gasteiger partial charge in [-0.05, 0) is 31.1 Å². The summed E-state index contributed by atoms with van der Waals surface area (Å²) in [5.41, 5.74) is -2.32. The summed E-state index contributed by atoms with van der Waals surface area (Å²) in [7, 11) is 0. The topological polar surface area (TPSA) is 20.2 Å². The summed E-state index contributed by atoms with van der Waals surface area (Å²) in [6.07, 6.45) is -2.34. The molecule has 0 aromatic rings. The smallest absolute Gasteiger partial charge is 0.380 e. The first-order valence-corrected chi connectivity index (χ1v) is 4.75. The number of hydrogen-bond donors (Lipinski definition) is 1. The van der Waals surface area contributed by atoms with Crippen LogP contribution in [0.25, 0.3) is 0 Å². The van der Waals surface area contributed by atoms with E-state index >= 15 is 0 Å². The number of hydrogen-bond acceptors (Lipinski definition) is 1. The summed E-state index contributed by atoms with van der Waals surface area (Å²) in [6, 6.07) is 0. The Morgan fingerprint density at radius 1 is 1.08 bits per heavy atom. The van der Waals surface area contributed by atoms with Crippen LogP contribution in [0.3, 0.4) is 0 Å². The van der Waals surface area contributed by atoms with Crippen LogP contribution in [0, 0.1) is 23.7 Å². The maximum absolute atomic E-state index is 12.6. The van der Waals surface area contributed by atoms with Gasteiger partial charge in [0.05, 0.1) is 0 Å². The van der Waals surface area contributed by atoms with E-state index in [2.05, 4.69) is 0 Å². The van der Waals surface area contributed by atoms with Crippen LogP contribution < -0.4 is 0 Å². The Labute approximate surface area is 73.9 Å². The zero-order valence-electron chi connectivity index (χ0n) is 7.01. The Kier molecular flexibility index (Phi) is 1.18. The lowest BCUT2D eigenvalue weighted by molar-refractivity contribution is -0.282. The van der Waals surface area contributed by atoms with E-state index in [1.165, 1.54) is 0 Å². The molecule has 4 heteroatoms. The molecular weight excluding hydrogens is 181 g/mol. The molecule has 0 saturated heterocycles. The number of alkyl halides is 3. The molecule has 3 aliphatic carbocycles. The fourth-order valence-corrected chi connectivity index (χ4v) is 3.74. The summed E-state index contributed by atoms with van der Waals surface area (Å²) in [5.74, 6) is -0.597. The number of fused-ring (bicyclic) bond motifs is 5. The van der Waals surface area contributed by atoms with Crippen molar-refractivity contribution in [1.29, 1.82) is 0 Å². The highest BCUT2D eigenvalue weighted by Gasteiger charge is 2.78. The molecule has 2 bridgehead atoms. The second-order valence-corrected chi connectivity index (χ2v) is 4.68. The van der Waals surface area contributed by atoms with E-state index in [1.54, 1.807) is 0 Å². The van der Waals surface area contributed by atoms with Crippen LogP contribution in [0.15, 0.2) is 0 Å². The van der Waals surface area contributed by atoms with Gasteiger partial charge in [0.1, 0.15) is 0 Å². The lowest BCUT2D eigenvalue weighted by Crippen LogP contribution is -2.51. The fourth-order valence-electron chi connectivity index (χ4n) is 3.74. The maximum atomic E-state index is 12.6. The zero-order chi connectivity index (χ0) is 9.43. The predicted molar refractivity (Wildman–Crippen MR) is 38.8 cm³/mol. The maximum Gasteiger partial charge on any atom is 0.417 e. The standard InChI is InChI=1S/C9H11F3O/c10-9(11,12)8(13)6-1-2-7(8)5-3-4(5)6/h4-7,13H,1-3H2/t4-,5+,6-,7+,8?. The molecule has 74 valence electrons. The summed E-state index contributed by atoms with van der Waals surface area (Å²) in [5, 5.41) is 9.70. The van der Waals surface area contributed by atoms with Crippen LogP contribution in [0.2, 0.25) is 0 Å². The van der Waals surface area contributed by atoms with Crippen molar-refractivity contribution in [3.05, 3.63) is 0 Å². The molecule has 13 heavy (non-hydrogen) atoms. The van der Waals surface area contributed by atoms with Crippen molar-refractivity contribution < 1.29 is 18.3 Å². The third-order valence-corrected chi connectivity index (χ3v) is 4.30. The summed E-state index contributed by atoms with van der Waals surface area (Å²) < 4.78 is 37.9. The van der Waals surface area contributed by atoms with Crippen LogP contribution in [0.5, 0.6) is 0 Å². The van der Waals surface area contributed by atoms with Crippen LogP contribution in [0.4, 0.5) is 13.2 Å². The second-order valence-electron chi connectivity index (χ2n) is 4.68. The molecule has 0 heterocycles. The zero-order valence-corrected chi connectivity index (χ0v) is 7.01. The van der Waals surface area contributed by atoms with Crippen LogP contribution in [0.1, 0.15) is 19.3 Å². The number of aliphatic hydroxyl groups is 1. The summed E-state index contributed by atoms with van der Waals surface area (Å²) >= 11 is 0. The lowest BCUT2D eigenvalue weighted by Gasteiger charge is -2.33. The Hall–Kier alpha value is -0.250. The average molecular weight is 192 g/mol. The van der Waals surface area contributed by atoms with Gasteiger partial charge >= 0.3 is 6.18 Å². The minimum absolute atomic E-state index is 0.186. The highest BCUT2D eigenvalue weighted by Crippen LogP contribution is 2.72. The third-order valence-electron chi connectivity index (χ3n) is 4.30. The molecule has 1 nitrogen and oxygen atoms in total. The van der Waals surface area contributed by atoms with Gasteiger partial charge in [-0.15, -0.1) is 0 Å². The van der Waals surface area contributed by atoms with Gasteiger partial charge in [0.25, 0.3) is 0 Å². The second kappa shape index (κ2) is 1.90. The van der Waals surface area contributed by atoms with Gasteiger partial charge in [0.2, 0.25) is 0 Å². The molecule has 0 spiro atoms. The molecule has 3 saturated carbocycles. The van der Waals surface area contributed by atoms with E-state index < -0.39 is 23.6 Å². The van der Waals surface area contributed by atoms with Crippen molar-refractivity contribution >= 4 is 0 Å². The van der Waals surface area contributed by atoms with E-state index in [0.717, 1.165) is 6.42 Å². The van der Waals surface area contributed by atoms with Crippen molar-refractivity contribution in [2.45, 2.75) is 31.0 Å². The molecule has 0 amide bonds. The van der Waals surface area contributed by atoms with Crippen LogP contribution in [-0.4, -0.2) is 16.9 Å². The first-order chi connectivity index (χ1) is 5.96. The molecule has 1 N–H and O–H groups in total. The van der Waals surface area contributed by atoms with Gasteiger partial charge in [-0.2, -0.15) is 13.2 Å². The van der Waals surface area contributed by atoms with Gasteiger partial charge < -0.3 is 5.11 Å². The fraction of sp³-hybridized carbons (Fsp3) is 1.00. The molecule has 0 aliphatic heterocycles. The largest absolute Gasteiger partial charge is 0.417 e. The molecule has 3 rings (SSSR count). The summed E-state index contributed by atoms with van der Waals surface area (Å²) in [4.78, 5) is 0. The lowest BCUT2D eigenvalue weighted by atomic mass is 9.86. The molecule has 1 unspecified atom stereocenters. The van der Waals surface area contributed by atoms with Crippen molar-refractivity contribution in [2.75, 3.05) is 0 Å². The number of halogens is 3.